The Morgan fingerprint density at radius 3 is 2.85 bits per heavy atom. The van der Waals surface area contributed by atoms with Gasteiger partial charge in [0.1, 0.15) is 11.4 Å². The Bertz CT molecular complexity index is 449. The van der Waals surface area contributed by atoms with Crippen LogP contribution in [0.2, 0.25) is 0 Å². The normalized spacial score (nSPS) is 25.1. The summed E-state index contributed by atoms with van der Waals surface area (Å²) in [5.41, 5.74) is 1.23. The van der Waals surface area contributed by atoms with E-state index < -0.39 is 0 Å². The van der Waals surface area contributed by atoms with Gasteiger partial charge in [0.15, 0.2) is 0 Å². The third-order valence-electron chi connectivity index (χ3n) is 4.25. The van der Waals surface area contributed by atoms with Crippen molar-refractivity contribution < 1.29 is 4.74 Å². The molecule has 3 heteroatoms. The highest BCUT2D eigenvalue weighted by Gasteiger charge is 2.36. The molecule has 1 N–H and O–H groups in total. The Morgan fingerprint density at radius 2 is 2.15 bits per heavy atom. The SMILES string of the molecule is CCCCCCC1(C)CC(NC)c2cc(Br)ccc2O1. The summed E-state index contributed by atoms with van der Waals surface area (Å²) in [4.78, 5) is 0. The van der Waals surface area contributed by atoms with Crippen molar-refractivity contribution in [2.24, 2.45) is 0 Å². The van der Waals surface area contributed by atoms with E-state index >= 15 is 0 Å². The molecule has 0 amide bonds. The molecule has 0 bridgehead atoms. The Labute approximate surface area is 131 Å². The van der Waals surface area contributed by atoms with Gasteiger partial charge >= 0.3 is 0 Å². The minimum absolute atomic E-state index is 0.0394. The van der Waals surface area contributed by atoms with Gasteiger partial charge in [-0.25, -0.2) is 0 Å². The predicted octanol–water partition coefficient (Wildman–Crippen LogP) is 5.22. The van der Waals surface area contributed by atoms with Crippen LogP contribution in [0.25, 0.3) is 0 Å². The first-order chi connectivity index (χ1) is 9.58. The molecule has 0 aliphatic carbocycles. The topological polar surface area (TPSA) is 21.3 Å². The summed E-state index contributed by atoms with van der Waals surface area (Å²) in [6, 6.07) is 6.71. The lowest BCUT2D eigenvalue weighted by molar-refractivity contribution is 0.0384. The van der Waals surface area contributed by atoms with Gasteiger partial charge in [0.05, 0.1) is 0 Å². The monoisotopic (exact) mass is 339 g/mol. The second-order valence-corrected chi connectivity index (χ2v) is 7.01. The summed E-state index contributed by atoms with van der Waals surface area (Å²) in [5, 5.41) is 3.44. The van der Waals surface area contributed by atoms with Gasteiger partial charge in [0.2, 0.25) is 0 Å². The molecule has 0 aromatic heterocycles. The molecule has 112 valence electrons. The van der Waals surface area contributed by atoms with Crippen LogP contribution in [-0.4, -0.2) is 12.6 Å². The fraction of sp³-hybridized carbons (Fsp3) is 0.647. The summed E-state index contributed by atoms with van der Waals surface area (Å²) in [5.74, 6) is 1.04. The van der Waals surface area contributed by atoms with E-state index in [-0.39, 0.29) is 5.60 Å². The van der Waals surface area contributed by atoms with Gasteiger partial charge in [-0.3, -0.25) is 0 Å². The van der Waals surface area contributed by atoms with Crippen LogP contribution in [0.4, 0.5) is 0 Å². The van der Waals surface area contributed by atoms with Crippen LogP contribution < -0.4 is 10.1 Å². The molecule has 0 spiro atoms. The van der Waals surface area contributed by atoms with Crippen LogP contribution >= 0.6 is 15.9 Å². The molecule has 0 fully saturated rings. The zero-order valence-corrected chi connectivity index (χ0v) is 14.4. The van der Waals surface area contributed by atoms with Crippen LogP contribution in [0, 0.1) is 0 Å². The number of benzene rings is 1. The second-order valence-electron chi connectivity index (χ2n) is 6.09. The average molecular weight is 340 g/mol. The van der Waals surface area contributed by atoms with Crippen molar-refractivity contribution in [2.75, 3.05) is 7.05 Å². The largest absolute Gasteiger partial charge is 0.487 e. The van der Waals surface area contributed by atoms with E-state index in [1.807, 2.05) is 7.05 Å². The first-order valence-corrected chi connectivity index (χ1v) is 8.53. The minimum Gasteiger partial charge on any atom is -0.487 e. The van der Waals surface area contributed by atoms with Crippen LogP contribution in [-0.2, 0) is 0 Å². The summed E-state index contributed by atoms with van der Waals surface area (Å²) < 4.78 is 7.44. The first-order valence-electron chi connectivity index (χ1n) is 7.74. The summed E-state index contributed by atoms with van der Waals surface area (Å²) >= 11 is 3.55. The Kier molecular flexibility index (Phi) is 5.50. The number of nitrogens with one attached hydrogen (secondary N) is 1. The number of rotatable bonds is 6. The van der Waals surface area contributed by atoms with E-state index in [1.165, 1.54) is 31.2 Å². The lowest BCUT2D eigenvalue weighted by Gasteiger charge is -2.40. The van der Waals surface area contributed by atoms with E-state index in [4.69, 9.17) is 4.74 Å². The van der Waals surface area contributed by atoms with E-state index in [0.717, 1.165) is 23.1 Å². The fourth-order valence-electron chi connectivity index (χ4n) is 3.07. The maximum atomic E-state index is 6.33. The van der Waals surface area contributed by atoms with Gasteiger partial charge < -0.3 is 10.1 Å². The van der Waals surface area contributed by atoms with Gasteiger partial charge in [-0.1, -0.05) is 42.1 Å². The number of unbranched alkanes of at least 4 members (excludes halogenated alkanes) is 3. The third kappa shape index (κ3) is 3.76. The summed E-state index contributed by atoms with van der Waals surface area (Å²) in [6.07, 6.45) is 7.36. The van der Waals surface area contributed by atoms with Crippen molar-refractivity contribution in [3.05, 3.63) is 28.2 Å². The molecular weight excluding hydrogens is 314 g/mol. The molecule has 1 aliphatic rings. The van der Waals surface area contributed by atoms with Crippen LogP contribution in [0.3, 0.4) is 0 Å². The molecule has 0 radical (unpaired) electrons. The Hall–Kier alpha value is -0.540. The smallest absolute Gasteiger partial charge is 0.124 e. The van der Waals surface area contributed by atoms with Crippen LogP contribution in [0.15, 0.2) is 22.7 Å². The molecule has 0 saturated heterocycles. The number of halogens is 1. The Morgan fingerprint density at radius 1 is 1.35 bits per heavy atom. The lowest BCUT2D eigenvalue weighted by Crippen LogP contribution is -2.41. The molecule has 2 rings (SSSR count). The molecule has 1 heterocycles. The second kappa shape index (κ2) is 6.95. The fourth-order valence-corrected chi connectivity index (χ4v) is 3.45. The molecular formula is C17H26BrNO. The summed E-state index contributed by atoms with van der Waals surface area (Å²) in [7, 11) is 2.04. The van der Waals surface area contributed by atoms with Gasteiger partial charge in [-0.2, -0.15) is 0 Å². The number of hydrogen-bond acceptors (Lipinski definition) is 2. The molecule has 2 unspecified atom stereocenters. The van der Waals surface area contributed by atoms with Crippen molar-refractivity contribution in [3.63, 3.8) is 0 Å². The molecule has 1 aromatic rings. The number of ether oxygens (including phenoxy) is 1. The average Bonchev–Trinajstić information content (AvgIpc) is 2.43. The standard InChI is InChI=1S/C17H26BrNO/c1-4-5-6-7-10-17(2)12-15(19-3)14-11-13(18)8-9-16(14)20-17/h8-9,11,15,19H,4-7,10,12H2,1-3H3. The summed E-state index contributed by atoms with van der Waals surface area (Å²) in [6.45, 7) is 4.51. The zero-order valence-electron chi connectivity index (χ0n) is 12.8. The molecule has 0 saturated carbocycles. The maximum Gasteiger partial charge on any atom is 0.124 e. The van der Waals surface area contributed by atoms with Gasteiger partial charge in [0, 0.05) is 22.5 Å². The van der Waals surface area contributed by atoms with Crippen LogP contribution in [0.5, 0.6) is 5.75 Å². The van der Waals surface area contributed by atoms with E-state index in [0.29, 0.717) is 6.04 Å². The van der Waals surface area contributed by atoms with Gasteiger partial charge in [0.25, 0.3) is 0 Å². The highest BCUT2D eigenvalue weighted by atomic mass is 79.9. The van der Waals surface area contributed by atoms with E-state index in [9.17, 15) is 0 Å². The quantitative estimate of drug-likeness (QED) is 0.717. The number of fused-ring (bicyclic) bond motifs is 1. The number of hydrogen-bond donors (Lipinski definition) is 1. The van der Waals surface area contributed by atoms with Gasteiger partial charge in [-0.15, -0.1) is 0 Å². The molecule has 1 aromatic carbocycles. The molecule has 2 atom stereocenters. The van der Waals surface area contributed by atoms with Crippen LogP contribution in [0.1, 0.15) is 64.0 Å². The lowest BCUT2D eigenvalue weighted by atomic mass is 9.85. The molecule has 1 aliphatic heterocycles. The van der Waals surface area contributed by atoms with Crippen molar-refractivity contribution in [1.29, 1.82) is 0 Å². The van der Waals surface area contributed by atoms with Crippen molar-refractivity contribution >= 4 is 15.9 Å². The maximum absolute atomic E-state index is 6.33. The zero-order chi connectivity index (χ0) is 14.6. The third-order valence-corrected chi connectivity index (χ3v) is 4.74. The highest BCUT2D eigenvalue weighted by Crippen LogP contribution is 2.42. The molecule has 20 heavy (non-hydrogen) atoms. The van der Waals surface area contributed by atoms with Crippen molar-refractivity contribution in [1.82, 2.24) is 5.32 Å². The van der Waals surface area contributed by atoms with E-state index in [2.05, 4.69) is 53.3 Å². The van der Waals surface area contributed by atoms with Crippen molar-refractivity contribution in [2.45, 2.75) is 64.0 Å². The van der Waals surface area contributed by atoms with Crippen molar-refractivity contribution in [3.8, 4) is 5.75 Å². The van der Waals surface area contributed by atoms with E-state index in [1.54, 1.807) is 0 Å². The van der Waals surface area contributed by atoms with Gasteiger partial charge in [-0.05, 0) is 45.0 Å². The Balaban J connectivity index is 2.10. The first kappa shape index (κ1) is 15.8. The molecule has 2 nitrogen and oxygen atoms in total. The highest BCUT2D eigenvalue weighted by molar-refractivity contribution is 9.10. The predicted molar refractivity (Wildman–Crippen MR) is 88.4 cm³/mol. The minimum atomic E-state index is -0.0394.